The molecule has 1 aliphatic carbocycles. The third-order valence-electron chi connectivity index (χ3n) is 9.43. The van der Waals surface area contributed by atoms with Crippen LogP contribution in [0.15, 0.2) is 30.3 Å². The van der Waals surface area contributed by atoms with E-state index in [0.29, 0.717) is 36.1 Å². The van der Waals surface area contributed by atoms with Crippen molar-refractivity contribution in [3.8, 4) is 5.75 Å². The summed E-state index contributed by atoms with van der Waals surface area (Å²) in [6.45, 7) is 7.59. The number of aliphatic carboxylic acids is 1. The van der Waals surface area contributed by atoms with E-state index in [4.69, 9.17) is 0 Å². The number of carbonyl (C=O) groups excluding carboxylic acids is 2. The van der Waals surface area contributed by atoms with Crippen LogP contribution in [0.4, 0.5) is 5.69 Å². The number of hydrogen-bond donors (Lipinski definition) is 3. The van der Waals surface area contributed by atoms with Gasteiger partial charge in [0, 0.05) is 6.04 Å². The van der Waals surface area contributed by atoms with E-state index in [-0.39, 0.29) is 17.6 Å². The highest BCUT2D eigenvalue weighted by molar-refractivity contribution is 6.25. The number of anilines is 1. The molecule has 3 fully saturated rings. The van der Waals surface area contributed by atoms with Gasteiger partial charge in [-0.15, -0.1) is 0 Å². The number of nitrogens with one attached hydrogen (secondary N) is 1. The van der Waals surface area contributed by atoms with Crippen molar-refractivity contribution in [2.45, 2.75) is 90.6 Å². The van der Waals surface area contributed by atoms with Gasteiger partial charge in [-0.2, -0.15) is 0 Å². The number of phenols is 1. The number of benzene rings is 2. The van der Waals surface area contributed by atoms with Crippen molar-refractivity contribution in [2.75, 3.05) is 4.90 Å². The van der Waals surface area contributed by atoms with E-state index in [1.807, 2.05) is 44.2 Å². The molecule has 208 valence electrons. The molecule has 2 heterocycles. The zero-order chi connectivity index (χ0) is 28.1. The number of rotatable bonds is 7. The maximum Gasteiger partial charge on any atom is 0.324 e. The predicted molar refractivity (Wildman–Crippen MR) is 150 cm³/mol. The normalized spacial score (nSPS) is 27.3. The summed E-state index contributed by atoms with van der Waals surface area (Å²) < 4.78 is 0. The van der Waals surface area contributed by atoms with Gasteiger partial charge in [-0.05, 0) is 66.8 Å². The number of hydrogen-bond acceptors (Lipinski definition) is 5. The second kappa shape index (κ2) is 10.4. The second-order valence-electron chi connectivity index (χ2n) is 11.8. The van der Waals surface area contributed by atoms with Gasteiger partial charge >= 0.3 is 5.97 Å². The molecule has 2 amide bonds. The van der Waals surface area contributed by atoms with Crippen LogP contribution in [0, 0.1) is 31.6 Å². The quantitative estimate of drug-likeness (QED) is 0.414. The number of carbonyl (C=O) groups is 3. The monoisotopic (exact) mass is 532 g/mol. The number of carboxylic acids is 1. The first-order valence-corrected chi connectivity index (χ1v) is 14.4. The van der Waals surface area contributed by atoms with Gasteiger partial charge in [0.25, 0.3) is 0 Å². The third-order valence-corrected chi connectivity index (χ3v) is 9.43. The van der Waals surface area contributed by atoms with Crippen LogP contribution in [0.2, 0.25) is 0 Å². The summed E-state index contributed by atoms with van der Waals surface area (Å²) in [5.74, 6) is -3.33. The molecule has 3 N–H and O–H groups in total. The lowest BCUT2D eigenvalue weighted by molar-refractivity contribution is -0.150. The zero-order valence-electron chi connectivity index (χ0n) is 23.4. The van der Waals surface area contributed by atoms with Crippen molar-refractivity contribution in [2.24, 2.45) is 17.8 Å². The minimum absolute atomic E-state index is 0.177. The average Bonchev–Trinajstić information content (AvgIpc) is 3.40. The number of nitrogens with zero attached hydrogens (tertiary/aromatic N) is 1. The van der Waals surface area contributed by atoms with E-state index in [2.05, 4.69) is 5.32 Å². The molecular formula is C32H40N2O5. The van der Waals surface area contributed by atoms with Crippen molar-refractivity contribution in [1.82, 2.24) is 5.32 Å². The Balaban J connectivity index is 1.68. The highest BCUT2D eigenvalue weighted by Gasteiger charge is 2.69. The number of aromatic hydroxyl groups is 1. The summed E-state index contributed by atoms with van der Waals surface area (Å²) in [6, 6.07) is 8.80. The third kappa shape index (κ3) is 4.35. The molecule has 0 aromatic heterocycles. The van der Waals surface area contributed by atoms with Crippen LogP contribution in [0.1, 0.15) is 86.2 Å². The Morgan fingerprint density at radius 3 is 2.13 bits per heavy atom. The Kier molecular flexibility index (Phi) is 7.31. The summed E-state index contributed by atoms with van der Waals surface area (Å²) in [4.78, 5) is 43.4. The first-order chi connectivity index (χ1) is 18.6. The molecule has 2 aromatic rings. The molecule has 0 spiro atoms. The Bertz CT molecular complexity index is 1270. The molecular weight excluding hydrogens is 492 g/mol. The molecule has 7 nitrogen and oxygen atoms in total. The lowest BCUT2D eigenvalue weighted by Gasteiger charge is -2.36. The summed E-state index contributed by atoms with van der Waals surface area (Å²) in [5.41, 5.74) is 2.93. The van der Waals surface area contributed by atoms with E-state index in [9.17, 15) is 24.6 Å². The molecule has 0 radical (unpaired) electrons. The van der Waals surface area contributed by atoms with Crippen LogP contribution >= 0.6 is 0 Å². The zero-order valence-corrected chi connectivity index (χ0v) is 23.4. The molecule has 7 heteroatoms. The molecule has 2 aromatic carbocycles. The number of fused-ring (bicyclic) bond motifs is 1. The summed E-state index contributed by atoms with van der Waals surface area (Å²) >= 11 is 0. The van der Waals surface area contributed by atoms with Crippen molar-refractivity contribution in [1.29, 1.82) is 0 Å². The number of phenolic OH excluding ortho intramolecular Hbond substituents is 1. The van der Waals surface area contributed by atoms with Crippen LogP contribution in [0.25, 0.3) is 0 Å². The summed E-state index contributed by atoms with van der Waals surface area (Å²) in [7, 11) is 0. The van der Waals surface area contributed by atoms with E-state index in [1.54, 1.807) is 13.8 Å². The molecule has 0 bridgehead atoms. The lowest BCUT2D eigenvalue weighted by Crippen LogP contribution is -2.57. The molecule has 4 unspecified atom stereocenters. The SMILES string of the molecule is CCc1cccc(CC)c1N1C(=O)C2C(c3cc(C)c(O)c(C)c3)NC(CC3CCCCC3)(C(=O)O)C2C1=O. The molecule has 5 rings (SSSR count). The molecule has 39 heavy (non-hydrogen) atoms. The number of carboxylic acid groups (broad SMARTS) is 1. The number of imide groups is 1. The van der Waals surface area contributed by atoms with Crippen LogP contribution in [0.5, 0.6) is 5.75 Å². The smallest absolute Gasteiger partial charge is 0.324 e. The second-order valence-corrected chi connectivity index (χ2v) is 11.8. The Morgan fingerprint density at radius 1 is 1.00 bits per heavy atom. The van der Waals surface area contributed by atoms with E-state index in [1.165, 1.54) is 4.90 Å². The fourth-order valence-corrected chi connectivity index (χ4v) is 7.50. The van der Waals surface area contributed by atoms with Crippen LogP contribution in [-0.4, -0.2) is 33.5 Å². The minimum atomic E-state index is -1.55. The van der Waals surface area contributed by atoms with Gasteiger partial charge in [-0.25, -0.2) is 4.90 Å². The van der Waals surface area contributed by atoms with Gasteiger partial charge in [0.1, 0.15) is 11.3 Å². The first kappa shape index (κ1) is 27.4. The van der Waals surface area contributed by atoms with Gasteiger partial charge in [0.2, 0.25) is 11.8 Å². The molecule has 2 saturated heterocycles. The number of amides is 2. The van der Waals surface area contributed by atoms with Crippen LogP contribution in [-0.2, 0) is 27.2 Å². The molecule has 2 aliphatic heterocycles. The van der Waals surface area contributed by atoms with E-state index < -0.39 is 35.3 Å². The van der Waals surface area contributed by atoms with Crippen LogP contribution < -0.4 is 10.2 Å². The van der Waals surface area contributed by atoms with Gasteiger partial charge in [-0.1, -0.05) is 76.3 Å². The summed E-state index contributed by atoms with van der Waals surface area (Å²) in [5, 5.41) is 24.6. The highest BCUT2D eigenvalue weighted by Crippen LogP contribution is 2.53. The van der Waals surface area contributed by atoms with Crippen molar-refractivity contribution < 1.29 is 24.6 Å². The Labute approximate surface area is 230 Å². The van der Waals surface area contributed by atoms with E-state index in [0.717, 1.165) is 48.8 Å². The largest absolute Gasteiger partial charge is 0.507 e. The van der Waals surface area contributed by atoms with Crippen LogP contribution in [0.3, 0.4) is 0 Å². The lowest BCUT2D eigenvalue weighted by atomic mass is 9.72. The number of para-hydroxylation sites is 1. The first-order valence-electron chi connectivity index (χ1n) is 14.4. The molecule has 3 aliphatic rings. The fourth-order valence-electron chi connectivity index (χ4n) is 7.50. The number of aryl methyl sites for hydroxylation is 4. The van der Waals surface area contributed by atoms with Gasteiger partial charge in [0.15, 0.2) is 0 Å². The minimum Gasteiger partial charge on any atom is -0.507 e. The Hall–Kier alpha value is -3.19. The van der Waals surface area contributed by atoms with Crippen molar-refractivity contribution in [3.05, 3.63) is 58.1 Å². The standard InChI is InChI=1S/C32H40N2O5/c1-5-21-13-10-14-22(6-2)27(21)34-29(36)24-25(30(34)37)32(31(38)39,17-20-11-8-7-9-12-20)33-26(24)23-15-18(3)28(35)19(4)16-23/h10,13-16,20,24-26,33,35H,5-9,11-12,17H2,1-4H3,(H,38,39). The van der Waals surface area contributed by atoms with Crippen molar-refractivity contribution >= 4 is 23.5 Å². The maximum absolute atomic E-state index is 14.4. The highest BCUT2D eigenvalue weighted by atomic mass is 16.4. The predicted octanol–water partition coefficient (Wildman–Crippen LogP) is 5.38. The van der Waals surface area contributed by atoms with Gasteiger partial charge in [-0.3, -0.25) is 19.7 Å². The van der Waals surface area contributed by atoms with Gasteiger partial charge < -0.3 is 10.2 Å². The Morgan fingerprint density at radius 2 is 1.59 bits per heavy atom. The van der Waals surface area contributed by atoms with Crippen molar-refractivity contribution in [3.63, 3.8) is 0 Å². The van der Waals surface area contributed by atoms with Gasteiger partial charge in [0.05, 0.1) is 17.5 Å². The summed E-state index contributed by atoms with van der Waals surface area (Å²) in [6.07, 6.45) is 6.73. The molecule has 1 saturated carbocycles. The topological polar surface area (TPSA) is 107 Å². The average molecular weight is 533 g/mol. The molecule has 4 atom stereocenters. The maximum atomic E-state index is 14.4. The fraction of sp³-hybridized carbons (Fsp3) is 0.531. The van der Waals surface area contributed by atoms with E-state index >= 15 is 0 Å².